The molecule has 0 radical (unpaired) electrons. The Kier molecular flexibility index (Phi) is 5.13. The van der Waals surface area contributed by atoms with E-state index in [1.807, 2.05) is 30.5 Å². The normalized spacial score (nSPS) is 15.0. The number of hydrogen-bond acceptors (Lipinski definition) is 7. The van der Waals surface area contributed by atoms with Crippen LogP contribution in [0.4, 0.5) is 0 Å². The van der Waals surface area contributed by atoms with Gasteiger partial charge in [-0.1, -0.05) is 11.6 Å². The maximum Gasteiger partial charge on any atom is 0.245 e. The fourth-order valence-corrected chi connectivity index (χ4v) is 4.59. The van der Waals surface area contributed by atoms with Gasteiger partial charge in [-0.05, 0) is 62.6 Å². The summed E-state index contributed by atoms with van der Waals surface area (Å²) in [6.07, 6.45) is 6.28. The summed E-state index contributed by atoms with van der Waals surface area (Å²) in [5.74, 6) is 0.950. The van der Waals surface area contributed by atoms with E-state index >= 15 is 0 Å². The molecule has 0 saturated heterocycles. The zero-order valence-electron chi connectivity index (χ0n) is 18.4. The van der Waals surface area contributed by atoms with Gasteiger partial charge in [0.15, 0.2) is 21.0 Å². The average Bonchev–Trinajstić information content (AvgIpc) is 3.36. The van der Waals surface area contributed by atoms with Gasteiger partial charge in [0.1, 0.15) is 17.8 Å². The van der Waals surface area contributed by atoms with Gasteiger partial charge in [-0.2, -0.15) is 4.98 Å². The number of pyridine rings is 1. The largest absolute Gasteiger partial charge is 0.470 e. The van der Waals surface area contributed by atoms with Gasteiger partial charge in [-0.25, -0.2) is 18.4 Å². The van der Waals surface area contributed by atoms with E-state index in [1.165, 1.54) is 18.5 Å². The minimum atomic E-state index is -3.40. The Balaban J connectivity index is 1.70. The molecule has 1 aliphatic rings. The Labute approximate surface area is 196 Å². The van der Waals surface area contributed by atoms with Crippen LogP contribution in [0.1, 0.15) is 31.0 Å². The molecule has 1 fully saturated rings. The molecular formula is C23H22ClN5O3S. The number of sulfone groups is 1. The smallest absolute Gasteiger partial charge is 0.245 e. The summed E-state index contributed by atoms with van der Waals surface area (Å²) >= 11 is 6.55. The standard InChI is InChI=1S/C23H22ClN5O3S/c1-14-6-9-25-15(10-14)12-29-20(17-5-4-16(11-18(17)24)33(3,30)31)28-19-21(29)26-13-27-22(19)32-23(2)7-8-23/h4-6,9-11,13H,7-8,12H2,1-3H3. The van der Waals surface area contributed by atoms with Crippen LogP contribution in [0.15, 0.2) is 47.8 Å². The van der Waals surface area contributed by atoms with E-state index in [1.54, 1.807) is 12.3 Å². The summed E-state index contributed by atoms with van der Waals surface area (Å²) in [4.78, 5) is 18.3. The van der Waals surface area contributed by atoms with Crippen LogP contribution in [-0.2, 0) is 16.4 Å². The van der Waals surface area contributed by atoms with Crippen molar-refractivity contribution in [2.75, 3.05) is 6.26 Å². The summed E-state index contributed by atoms with van der Waals surface area (Å²) in [7, 11) is -3.40. The highest BCUT2D eigenvalue weighted by Crippen LogP contribution is 2.41. The molecule has 1 aliphatic carbocycles. The van der Waals surface area contributed by atoms with Gasteiger partial charge in [0.25, 0.3) is 0 Å². The molecule has 0 spiro atoms. The second kappa shape index (κ2) is 7.78. The molecule has 1 aromatic carbocycles. The quantitative estimate of drug-likeness (QED) is 0.404. The minimum Gasteiger partial charge on any atom is -0.470 e. The summed E-state index contributed by atoms with van der Waals surface area (Å²) in [6.45, 7) is 4.44. The van der Waals surface area contributed by atoms with E-state index < -0.39 is 9.84 Å². The number of aromatic nitrogens is 5. The molecule has 0 bridgehead atoms. The number of nitrogens with zero attached hydrogens (tertiary/aromatic N) is 5. The second-order valence-electron chi connectivity index (χ2n) is 8.66. The molecule has 4 aromatic rings. The topological polar surface area (TPSA) is 99.9 Å². The van der Waals surface area contributed by atoms with Crippen LogP contribution in [0.3, 0.4) is 0 Å². The van der Waals surface area contributed by atoms with Crippen LogP contribution in [0.25, 0.3) is 22.6 Å². The summed E-state index contributed by atoms with van der Waals surface area (Å²) in [5, 5.41) is 0.274. The Morgan fingerprint density at radius 3 is 2.61 bits per heavy atom. The molecule has 5 rings (SSSR count). The lowest BCUT2D eigenvalue weighted by Gasteiger charge is -2.12. The minimum absolute atomic E-state index is 0.143. The summed E-state index contributed by atoms with van der Waals surface area (Å²) in [6, 6.07) is 8.56. The van der Waals surface area contributed by atoms with E-state index in [-0.39, 0.29) is 15.5 Å². The molecule has 10 heteroatoms. The van der Waals surface area contributed by atoms with Crippen molar-refractivity contribution in [1.82, 2.24) is 24.5 Å². The van der Waals surface area contributed by atoms with Gasteiger partial charge >= 0.3 is 0 Å². The van der Waals surface area contributed by atoms with Gasteiger partial charge in [0.2, 0.25) is 5.88 Å². The van der Waals surface area contributed by atoms with Gasteiger partial charge < -0.3 is 9.30 Å². The third-order valence-corrected chi connectivity index (χ3v) is 7.12. The first-order valence-electron chi connectivity index (χ1n) is 10.4. The van der Waals surface area contributed by atoms with Crippen LogP contribution in [0, 0.1) is 6.92 Å². The summed E-state index contributed by atoms with van der Waals surface area (Å²) in [5.41, 5.74) is 3.37. The van der Waals surface area contributed by atoms with E-state index in [4.69, 9.17) is 21.3 Å². The van der Waals surface area contributed by atoms with Gasteiger partial charge in [-0.15, -0.1) is 0 Å². The lowest BCUT2D eigenvalue weighted by molar-refractivity contribution is 0.194. The molecule has 33 heavy (non-hydrogen) atoms. The fraction of sp³-hybridized carbons (Fsp3) is 0.304. The van der Waals surface area contributed by atoms with Crippen LogP contribution >= 0.6 is 11.6 Å². The predicted molar refractivity (Wildman–Crippen MR) is 125 cm³/mol. The maximum absolute atomic E-state index is 12.0. The molecule has 0 N–H and O–H groups in total. The molecule has 0 atom stereocenters. The van der Waals surface area contributed by atoms with E-state index in [0.29, 0.717) is 35.0 Å². The number of fused-ring (bicyclic) bond motifs is 1. The Morgan fingerprint density at radius 2 is 1.94 bits per heavy atom. The van der Waals surface area contributed by atoms with E-state index in [0.717, 1.165) is 30.4 Å². The van der Waals surface area contributed by atoms with Crippen molar-refractivity contribution in [3.05, 3.63) is 59.1 Å². The van der Waals surface area contributed by atoms with Crippen molar-refractivity contribution < 1.29 is 13.2 Å². The highest BCUT2D eigenvalue weighted by molar-refractivity contribution is 7.90. The molecule has 0 unspecified atom stereocenters. The third-order valence-electron chi connectivity index (χ3n) is 5.70. The predicted octanol–water partition coefficient (Wildman–Crippen LogP) is 4.23. The number of rotatable bonds is 6. The first-order chi connectivity index (χ1) is 15.6. The first kappa shape index (κ1) is 21.8. The van der Waals surface area contributed by atoms with Crippen LogP contribution in [0.2, 0.25) is 5.02 Å². The van der Waals surface area contributed by atoms with Crippen molar-refractivity contribution in [1.29, 1.82) is 0 Å². The van der Waals surface area contributed by atoms with Crippen LogP contribution < -0.4 is 4.74 Å². The van der Waals surface area contributed by atoms with Crippen molar-refractivity contribution in [3.63, 3.8) is 0 Å². The van der Waals surface area contributed by atoms with Crippen molar-refractivity contribution in [2.24, 2.45) is 0 Å². The van der Waals surface area contributed by atoms with Gasteiger partial charge in [-0.3, -0.25) is 4.98 Å². The van der Waals surface area contributed by atoms with Crippen molar-refractivity contribution >= 4 is 32.6 Å². The highest BCUT2D eigenvalue weighted by Gasteiger charge is 2.41. The number of aryl methyl sites for hydroxylation is 1. The number of halogens is 1. The molecule has 0 amide bonds. The molecule has 3 heterocycles. The monoisotopic (exact) mass is 483 g/mol. The van der Waals surface area contributed by atoms with E-state index in [9.17, 15) is 8.42 Å². The first-order valence-corrected chi connectivity index (χ1v) is 12.7. The Bertz CT molecular complexity index is 1500. The van der Waals surface area contributed by atoms with Gasteiger partial charge in [0.05, 0.1) is 22.2 Å². The number of benzene rings is 1. The van der Waals surface area contributed by atoms with Crippen molar-refractivity contribution in [2.45, 2.75) is 43.7 Å². The Hall–Kier alpha value is -3.04. The van der Waals surface area contributed by atoms with Crippen LogP contribution in [-0.4, -0.2) is 44.8 Å². The SMILES string of the molecule is Cc1ccnc(Cn2c(-c3ccc(S(C)(=O)=O)cc3Cl)nc3c(OC4(C)CC4)ncnc32)c1. The van der Waals surface area contributed by atoms with Crippen LogP contribution in [0.5, 0.6) is 5.88 Å². The van der Waals surface area contributed by atoms with Gasteiger partial charge in [0, 0.05) is 18.0 Å². The zero-order valence-corrected chi connectivity index (χ0v) is 20.0. The average molecular weight is 484 g/mol. The lowest BCUT2D eigenvalue weighted by Crippen LogP contribution is -2.13. The highest BCUT2D eigenvalue weighted by atomic mass is 35.5. The number of ether oxygens (including phenoxy) is 1. The molecule has 8 nitrogen and oxygen atoms in total. The lowest BCUT2D eigenvalue weighted by atomic mass is 10.2. The molecular weight excluding hydrogens is 462 g/mol. The maximum atomic E-state index is 12.0. The Morgan fingerprint density at radius 1 is 1.15 bits per heavy atom. The number of imidazole rings is 1. The molecule has 1 saturated carbocycles. The number of hydrogen-bond donors (Lipinski definition) is 0. The fourth-order valence-electron chi connectivity index (χ4n) is 3.61. The molecule has 170 valence electrons. The van der Waals surface area contributed by atoms with Crippen molar-refractivity contribution in [3.8, 4) is 17.3 Å². The second-order valence-corrected chi connectivity index (χ2v) is 11.1. The summed E-state index contributed by atoms with van der Waals surface area (Å²) < 4.78 is 32.0. The molecule has 0 aliphatic heterocycles. The third kappa shape index (κ3) is 4.30. The van der Waals surface area contributed by atoms with E-state index in [2.05, 4.69) is 15.0 Å². The zero-order chi connectivity index (χ0) is 23.4. The molecule has 3 aromatic heterocycles.